The van der Waals surface area contributed by atoms with E-state index in [0.29, 0.717) is 6.54 Å². The van der Waals surface area contributed by atoms with Gasteiger partial charge in [-0.2, -0.15) is 0 Å². The van der Waals surface area contributed by atoms with Gasteiger partial charge in [0, 0.05) is 46.0 Å². The molecule has 2 heterocycles. The molecule has 2 rings (SSSR count). The molecular formula is C22H37N3O2. The third-order valence-electron chi connectivity index (χ3n) is 4.86. The van der Waals surface area contributed by atoms with Crippen LogP contribution in [0.15, 0.2) is 24.4 Å². The van der Waals surface area contributed by atoms with Crippen LogP contribution < -0.4 is 5.32 Å². The highest BCUT2D eigenvalue weighted by molar-refractivity contribution is 5.91. The Morgan fingerprint density at radius 3 is 2.63 bits per heavy atom. The van der Waals surface area contributed by atoms with Crippen LogP contribution in [0.2, 0.25) is 0 Å². The number of pyridine rings is 1. The molecule has 0 aromatic carbocycles. The van der Waals surface area contributed by atoms with Crippen molar-refractivity contribution in [2.75, 3.05) is 19.6 Å². The van der Waals surface area contributed by atoms with Gasteiger partial charge in [-0.25, -0.2) is 0 Å². The monoisotopic (exact) mass is 375 g/mol. The van der Waals surface area contributed by atoms with Crippen LogP contribution >= 0.6 is 0 Å². The lowest BCUT2D eigenvalue weighted by Crippen LogP contribution is -2.36. The first-order chi connectivity index (χ1) is 13.1. The third kappa shape index (κ3) is 8.85. The molecule has 1 saturated heterocycles. The number of likely N-dealkylation sites (tertiary alicyclic amines) is 1. The number of amides is 2. The number of aromatic nitrogens is 1. The normalized spacial score (nSPS) is 14.6. The Kier molecular flexibility index (Phi) is 11.1. The second-order valence-corrected chi connectivity index (χ2v) is 6.75. The van der Waals surface area contributed by atoms with Gasteiger partial charge in [0.05, 0.1) is 0 Å². The van der Waals surface area contributed by atoms with Gasteiger partial charge in [0.1, 0.15) is 0 Å². The van der Waals surface area contributed by atoms with E-state index in [1.807, 2.05) is 37.8 Å². The van der Waals surface area contributed by atoms with Gasteiger partial charge in [0.25, 0.3) is 0 Å². The van der Waals surface area contributed by atoms with E-state index in [2.05, 4.69) is 10.3 Å². The molecule has 5 heteroatoms. The zero-order valence-corrected chi connectivity index (χ0v) is 17.3. The van der Waals surface area contributed by atoms with Crippen LogP contribution in [0.25, 0.3) is 6.08 Å². The summed E-state index contributed by atoms with van der Waals surface area (Å²) in [4.78, 5) is 29.3. The van der Waals surface area contributed by atoms with Gasteiger partial charge in [-0.1, -0.05) is 32.8 Å². The lowest BCUT2D eigenvalue weighted by Gasteiger charge is -2.31. The van der Waals surface area contributed by atoms with Crippen molar-refractivity contribution in [2.45, 2.75) is 59.8 Å². The fourth-order valence-corrected chi connectivity index (χ4v) is 3.20. The van der Waals surface area contributed by atoms with E-state index in [1.165, 1.54) is 6.42 Å². The topological polar surface area (TPSA) is 62.3 Å². The van der Waals surface area contributed by atoms with E-state index >= 15 is 0 Å². The summed E-state index contributed by atoms with van der Waals surface area (Å²) in [5.74, 6) is 0.855. The fraction of sp³-hybridized carbons (Fsp3) is 0.591. The molecule has 152 valence electrons. The van der Waals surface area contributed by atoms with Crippen molar-refractivity contribution < 1.29 is 11.0 Å². The number of carbonyl (C=O) groups excluding carboxylic acids is 2. The molecule has 1 aromatic heterocycles. The minimum atomic E-state index is -0.0574. The van der Waals surface area contributed by atoms with Crippen molar-refractivity contribution in [1.82, 2.24) is 15.2 Å². The molecule has 1 aliphatic heterocycles. The van der Waals surface area contributed by atoms with Gasteiger partial charge in [0.2, 0.25) is 11.8 Å². The number of hydrogen-bond acceptors (Lipinski definition) is 3. The van der Waals surface area contributed by atoms with Crippen LogP contribution in [0.4, 0.5) is 0 Å². The third-order valence-corrected chi connectivity index (χ3v) is 4.86. The van der Waals surface area contributed by atoms with E-state index in [4.69, 9.17) is 0 Å². The van der Waals surface area contributed by atoms with E-state index in [-0.39, 0.29) is 13.2 Å². The van der Waals surface area contributed by atoms with Crippen LogP contribution in [0, 0.1) is 12.8 Å². The Labute approximate surface area is 165 Å². The van der Waals surface area contributed by atoms with Crippen molar-refractivity contribution >= 4 is 17.9 Å². The van der Waals surface area contributed by atoms with E-state index < -0.39 is 0 Å². The summed E-state index contributed by atoms with van der Waals surface area (Å²) in [6, 6.07) is 3.81. The van der Waals surface area contributed by atoms with Crippen LogP contribution in [0.3, 0.4) is 0 Å². The van der Waals surface area contributed by atoms with Gasteiger partial charge in [-0.15, -0.1) is 0 Å². The van der Waals surface area contributed by atoms with Gasteiger partial charge in [-0.3, -0.25) is 14.6 Å². The van der Waals surface area contributed by atoms with Crippen molar-refractivity contribution in [2.24, 2.45) is 5.92 Å². The molecule has 0 atom stereocenters. The van der Waals surface area contributed by atoms with Crippen LogP contribution in [0.5, 0.6) is 0 Å². The van der Waals surface area contributed by atoms with Crippen molar-refractivity contribution in [3.8, 4) is 0 Å². The molecule has 2 amide bonds. The van der Waals surface area contributed by atoms with Crippen LogP contribution in [-0.2, 0) is 9.59 Å². The predicted octanol–water partition coefficient (Wildman–Crippen LogP) is 4.22. The second-order valence-electron chi connectivity index (χ2n) is 6.75. The highest BCUT2D eigenvalue weighted by atomic mass is 16.2. The first kappa shape index (κ1) is 22.9. The lowest BCUT2D eigenvalue weighted by molar-refractivity contribution is -0.130. The number of carbonyl (C=O) groups is 2. The van der Waals surface area contributed by atoms with E-state index in [1.54, 1.807) is 25.3 Å². The summed E-state index contributed by atoms with van der Waals surface area (Å²) in [6.07, 6.45) is 10.7. The average molecular weight is 376 g/mol. The zero-order chi connectivity index (χ0) is 20.1. The minimum Gasteiger partial charge on any atom is -0.353 e. The molecule has 0 radical (unpaired) electrons. The quantitative estimate of drug-likeness (QED) is 0.573. The Morgan fingerprint density at radius 1 is 1.30 bits per heavy atom. The maximum absolute atomic E-state index is 11.8. The number of piperidine rings is 1. The number of hydrogen-bond donors (Lipinski definition) is 1. The number of nitrogens with zero attached hydrogens (tertiary/aromatic N) is 2. The number of unbranched alkanes of at least 4 members (excludes halogenated alkanes) is 1. The summed E-state index contributed by atoms with van der Waals surface area (Å²) in [5.41, 5.74) is 1.89. The Bertz CT molecular complexity index is 612. The molecule has 5 nitrogen and oxygen atoms in total. The molecule has 1 aromatic rings. The SMILES string of the molecule is CC.CC(=O)N1CCC(CCCCNC(=O)/C=C/c2cccnc2C)CC1.[HH]. The molecule has 27 heavy (non-hydrogen) atoms. The predicted molar refractivity (Wildman–Crippen MR) is 113 cm³/mol. The van der Waals surface area contributed by atoms with Gasteiger partial charge >= 0.3 is 0 Å². The summed E-state index contributed by atoms with van der Waals surface area (Å²) < 4.78 is 0. The molecule has 0 saturated carbocycles. The summed E-state index contributed by atoms with van der Waals surface area (Å²) in [5, 5.41) is 2.93. The first-order valence-corrected chi connectivity index (χ1v) is 10.2. The second kappa shape index (κ2) is 13.1. The molecule has 0 bridgehead atoms. The van der Waals surface area contributed by atoms with Crippen molar-refractivity contribution in [3.05, 3.63) is 35.7 Å². The molecular weight excluding hydrogens is 338 g/mol. The van der Waals surface area contributed by atoms with Gasteiger partial charge in [0.15, 0.2) is 0 Å². The first-order valence-electron chi connectivity index (χ1n) is 10.2. The zero-order valence-electron chi connectivity index (χ0n) is 17.3. The Morgan fingerprint density at radius 2 is 2.00 bits per heavy atom. The molecule has 1 N–H and O–H groups in total. The van der Waals surface area contributed by atoms with Gasteiger partial charge in [-0.05, 0) is 49.8 Å². The molecule has 0 unspecified atom stereocenters. The maximum atomic E-state index is 11.8. The van der Waals surface area contributed by atoms with Crippen LogP contribution in [0.1, 0.15) is 65.6 Å². The van der Waals surface area contributed by atoms with E-state index in [9.17, 15) is 9.59 Å². The number of nitrogens with one attached hydrogen (secondary N) is 1. The van der Waals surface area contributed by atoms with Gasteiger partial charge < -0.3 is 10.2 Å². The molecule has 0 spiro atoms. The number of rotatable bonds is 7. The summed E-state index contributed by atoms with van der Waals surface area (Å²) in [6.45, 7) is 10.1. The maximum Gasteiger partial charge on any atom is 0.244 e. The standard InChI is InChI=1S/C20H29N3O2.C2H6.H2/c1-16-19(7-5-13-21-16)8-9-20(25)22-12-4-3-6-18-10-14-23(15-11-18)17(2)24;1-2;/h5,7-9,13,18H,3-4,6,10-12,14-15H2,1-2H3,(H,22,25);1-2H3;1H/b9-8+;;. The van der Waals surface area contributed by atoms with Crippen LogP contribution in [-0.4, -0.2) is 41.3 Å². The van der Waals surface area contributed by atoms with E-state index in [0.717, 1.165) is 55.9 Å². The number of aryl methyl sites for hydroxylation is 1. The summed E-state index contributed by atoms with van der Waals surface area (Å²) in [7, 11) is 0. The lowest BCUT2D eigenvalue weighted by atomic mass is 9.91. The highest BCUT2D eigenvalue weighted by Gasteiger charge is 2.19. The molecule has 1 fully saturated rings. The Balaban J connectivity index is 0.00000235. The van der Waals surface area contributed by atoms with Crippen molar-refractivity contribution in [3.63, 3.8) is 0 Å². The largest absolute Gasteiger partial charge is 0.353 e. The highest BCUT2D eigenvalue weighted by Crippen LogP contribution is 2.22. The van der Waals surface area contributed by atoms with Crippen molar-refractivity contribution in [1.29, 1.82) is 0 Å². The Hall–Kier alpha value is -2.17. The molecule has 1 aliphatic rings. The molecule has 0 aliphatic carbocycles. The summed E-state index contributed by atoms with van der Waals surface area (Å²) >= 11 is 0. The average Bonchev–Trinajstić information content (AvgIpc) is 2.69. The minimum absolute atomic E-state index is 0. The fourth-order valence-electron chi connectivity index (χ4n) is 3.20. The smallest absolute Gasteiger partial charge is 0.244 e.